The lowest BCUT2D eigenvalue weighted by Crippen LogP contribution is -2.28. The van der Waals surface area contributed by atoms with Gasteiger partial charge in [-0.3, -0.25) is 0 Å². The molecule has 1 amide bonds. The zero-order chi connectivity index (χ0) is 13.2. The maximum atomic E-state index is 11.4. The van der Waals surface area contributed by atoms with Crippen molar-refractivity contribution < 1.29 is 9.53 Å². The Balaban J connectivity index is 1.93. The number of rotatable bonds is 10. The summed E-state index contributed by atoms with van der Waals surface area (Å²) < 4.78 is 5.11. The molecule has 1 aliphatic heterocycles. The van der Waals surface area contributed by atoms with E-state index < -0.39 is 0 Å². The third kappa shape index (κ3) is 5.71. The van der Waals surface area contributed by atoms with Gasteiger partial charge >= 0.3 is 6.09 Å². The Hall–Kier alpha value is -0.770. The highest BCUT2D eigenvalue weighted by molar-refractivity contribution is 5.69. The highest BCUT2D eigenvalue weighted by Crippen LogP contribution is 2.13. The molecule has 1 saturated heterocycles. The molecule has 0 radical (unpaired) electrons. The monoisotopic (exact) mass is 256 g/mol. The highest BCUT2D eigenvalue weighted by atomic mass is 16.6. The standard InChI is InChI=1S/C14H28N2O2/c1-2-3-4-5-6-7-8-9-10-16-12-13(11-15)18-14(16)17/h13H,2-12,15H2,1H3. The van der Waals surface area contributed by atoms with Gasteiger partial charge in [-0.25, -0.2) is 4.79 Å². The molecular formula is C14H28N2O2. The molecule has 1 atom stereocenters. The second kappa shape index (κ2) is 9.20. The van der Waals surface area contributed by atoms with Crippen molar-refractivity contribution >= 4 is 6.09 Å². The number of ether oxygens (including phenoxy) is 1. The summed E-state index contributed by atoms with van der Waals surface area (Å²) >= 11 is 0. The minimum Gasteiger partial charge on any atom is -0.443 e. The molecule has 106 valence electrons. The van der Waals surface area contributed by atoms with E-state index in [1.165, 1.54) is 44.9 Å². The smallest absolute Gasteiger partial charge is 0.410 e. The van der Waals surface area contributed by atoms with Gasteiger partial charge in [0.15, 0.2) is 0 Å². The summed E-state index contributed by atoms with van der Waals surface area (Å²) in [6, 6.07) is 0. The van der Waals surface area contributed by atoms with Crippen molar-refractivity contribution in [3.63, 3.8) is 0 Å². The minimum absolute atomic E-state index is 0.0912. The fourth-order valence-electron chi connectivity index (χ4n) is 2.32. The first-order valence-electron chi connectivity index (χ1n) is 7.43. The Morgan fingerprint density at radius 2 is 1.78 bits per heavy atom. The zero-order valence-corrected chi connectivity index (χ0v) is 11.7. The largest absolute Gasteiger partial charge is 0.443 e. The fraction of sp³-hybridized carbons (Fsp3) is 0.929. The van der Waals surface area contributed by atoms with Gasteiger partial charge in [-0.05, 0) is 6.42 Å². The summed E-state index contributed by atoms with van der Waals surface area (Å²) in [6.07, 6.45) is 10.0. The molecule has 0 aromatic rings. The second-order valence-electron chi connectivity index (χ2n) is 5.16. The summed E-state index contributed by atoms with van der Waals surface area (Å²) in [5.41, 5.74) is 5.49. The molecule has 0 spiro atoms. The lowest BCUT2D eigenvalue weighted by atomic mass is 10.1. The van der Waals surface area contributed by atoms with Gasteiger partial charge < -0.3 is 15.4 Å². The molecule has 0 aliphatic carbocycles. The highest BCUT2D eigenvalue weighted by Gasteiger charge is 2.29. The van der Waals surface area contributed by atoms with Crippen molar-refractivity contribution in [3.8, 4) is 0 Å². The quantitative estimate of drug-likeness (QED) is 0.611. The number of nitrogens with zero attached hydrogens (tertiary/aromatic N) is 1. The van der Waals surface area contributed by atoms with Gasteiger partial charge in [-0.1, -0.05) is 51.9 Å². The molecular weight excluding hydrogens is 228 g/mol. The summed E-state index contributed by atoms with van der Waals surface area (Å²) in [4.78, 5) is 13.2. The number of unbranched alkanes of at least 4 members (excludes halogenated alkanes) is 7. The maximum Gasteiger partial charge on any atom is 0.410 e. The van der Waals surface area contributed by atoms with Crippen LogP contribution in [-0.4, -0.2) is 36.7 Å². The Morgan fingerprint density at radius 3 is 2.33 bits per heavy atom. The number of hydrogen-bond donors (Lipinski definition) is 1. The van der Waals surface area contributed by atoms with Crippen LogP contribution in [0.25, 0.3) is 0 Å². The van der Waals surface area contributed by atoms with Gasteiger partial charge in [0.25, 0.3) is 0 Å². The number of cyclic esters (lactones) is 1. The average Bonchev–Trinajstić information content (AvgIpc) is 2.73. The van der Waals surface area contributed by atoms with Gasteiger partial charge in [0.1, 0.15) is 6.10 Å². The van der Waals surface area contributed by atoms with Gasteiger partial charge in [0.05, 0.1) is 6.54 Å². The van der Waals surface area contributed by atoms with Crippen LogP contribution >= 0.6 is 0 Å². The van der Waals surface area contributed by atoms with E-state index in [4.69, 9.17) is 10.5 Å². The fourth-order valence-corrected chi connectivity index (χ4v) is 2.32. The zero-order valence-electron chi connectivity index (χ0n) is 11.7. The molecule has 4 nitrogen and oxygen atoms in total. The lowest BCUT2D eigenvalue weighted by Gasteiger charge is -2.12. The number of amides is 1. The van der Waals surface area contributed by atoms with Crippen LogP contribution in [0.4, 0.5) is 4.79 Å². The van der Waals surface area contributed by atoms with Crippen LogP contribution < -0.4 is 5.73 Å². The van der Waals surface area contributed by atoms with Crippen LogP contribution in [0.5, 0.6) is 0 Å². The van der Waals surface area contributed by atoms with E-state index in [0.717, 1.165) is 13.0 Å². The molecule has 18 heavy (non-hydrogen) atoms. The Labute approximate surface area is 111 Å². The van der Waals surface area contributed by atoms with E-state index in [1.54, 1.807) is 4.90 Å². The van der Waals surface area contributed by atoms with Crippen LogP contribution in [0, 0.1) is 0 Å². The second-order valence-corrected chi connectivity index (χ2v) is 5.16. The molecule has 4 heteroatoms. The Morgan fingerprint density at radius 1 is 1.17 bits per heavy atom. The molecule has 0 aromatic carbocycles. The molecule has 0 saturated carbocycles. The Bertz CT molecular complexity index is 234. The SMILES string of the molecule is CCCCCCCCCCN1CC(CN)OC1=O. The summed E-state index contributed by atoms with van der Waals surface area (Å²) in [5.74, 6) is 0. The molecule has 1 rings (SSSR count). The van der Waals surface area contributed by atoms with Gasteiger partial charge in [-0.2, -0.15) is 0 Å². The topological polar surface area (TPSA) is 55.6 Å². The number of nitrogens with two attached hydrogens (primary N) is 1. The van der Waals surface area contributed by atoms with E-state index in [2.05, 4.69) is 6.92 Å². The van der Waals surface area contributed by atoms with Crippen molar-refractivity contribution in [1.29, 1.82) is 0 Å². The molecule has 0 aromatic heterocycles. The summed E-state index contributed by atoms with van der Waals surface area (Å²) in [5, 5.41) is 0. The van der Waals surface area contributed by atoms with Crippen LogP contribution in [0.1, 0.15) is 58.3 Å². The molecule has 0 bridgehead atoms. The van der Waals surface area contributed by atoms with Crippen LogP contribution in [0.15, 0.2) is 0 Å². The molecule has 1 aliphatic rings. The van der Waals surface area contributed by atoms with Crippen molar-refractivity contribution in [3.05, 3.63) is 0 Å². The van der Waals surface area contributed by atoms with Gasteiger partial charge in [-0.15, -0.1) is 0 Å². The summed E-state index contributed by atoms with van der Waals surface area (Å²) in [7, 11) is 0. The molecule has 1 fully saturated rings. The first kappa shape index (κ1) is 15.3. The molecule has 2 N–H and O–H groups in total. The average molecular weight is 256 g/mol. The van der Waals surface area contributed by atoms with Crippen LogP contribution in [0.2, 0.25) is 0 Å². The third-order valence-corrected chi connectivity index (χ3v) is 3.49. The lowest BCUT2D eigenvalue weighted by molar-refractivity contribution is 0.135. The van der Waals surface area contributed by atoms with E-state index in [-0.39, 0.29) is 12.2 Å². The van der Waals surface area contributed by atoms with Crippen molar-refractivity contribution in [2.24, 2.45) is 5.73 Å². The van der Waals surface area contributed by atoms with E-state index in [1.807, 2.05) is 0 Å². The number of carbonyl (C=O) groups excluding carboxylic acids is 1. The Kier molecular flexibility index (Phi) is 7.81. The first-order valence-corrected chi connectivity index (χ1v) is 7.43. The predicted molar refractivity (Wildman–Crippen MR) is 73.5 cm³/mol. The van der Waals surface area contributed by atoms with Gasteiger partial charge in [0.2, 0.25) is 0 Å². The van der Waals surface area contributed by atoms with Crippen LogP contribution in [-0.2, 0) is 4.74 Å². The molecule has 1 heterocycles. The number of hydrogen-bond acceptors (Lipinski definition) is 3. The predicted octanol–water partition coefficient (Wildman–Crippen LogP) is 2.91. The normalized spacial score (nSPS) is 19.3. The summed E-state index contributed by atoms with van der Waals surface area (Å²) in [6.45, 7) is 4.17. The van der Waals surface area contributed by atoms with Gasteiger partial charge in [0, 0.05) is 13.1 Å². The molecule has 1 unspecified atom stereocenters. The third-order valence-electron chi connectivity index (χ3n) is 3.49. The first-order chi connectivity index (χ1) is 8.77. The number of carbonyl (C=O) groups is 1. The van der Waals surface area contributed by atoms with Crippen LogP contribution in [0.3, 0.4) is 0 Å². The van der Waals surface area contributed by atoms with Crippen molar-refractivity contribution in [1.82, 2.24) is 4.90 Å². The van der Waals surface area contributed by atoms with E-state index in [0.29, 0.717) is 13.1 Å². The maximum absolute atomic E-state index is 11.4. The van der Waals surface area contributed by atoms with E-state index >= 15 is 0 Å². The van der Waals surface area contributed by atoms with Crippen molar-refractivity contribution in [2.45, 2.75) is 64.4 Å². The van der Waals surface area contributed by atoms with Crippen molar-refractivity contribution in [2.75, 3.05) is 19.6 Å². The van der Waals surface area contributed by atoms with E-state index in [9.17, 15) is 4.79 Å². The minimum atomic E-state index is -0.187.